The summed E-state index contributed by atoms with van der Waals surface area (Å²) < 4.78 is 15.7. The van der Waals surface area contributed by atoms with Crippen LogP contribution in [0.25, 0.3) is 0 Å². The van der Waals surface area contributed by atoms with Gasteiger partial charge in [-0.15, -0.1) is 0 Å². The van der Waals surface area contributed by atoms with Crippen molar-refractivity contribution in [2.45, 2.75) is 40.3 Å². The van der Waals surface area contributed by atoms with Crippen LogP contribution in [0.5, 0.6) is 0 Å². The Hall–Kier alpha value is -1.36. The van der Waals surface area contributed by atoms with Gasteiger partial charge < -0.3 is 5.32 Å². The summed E-state index contributed by atoms with van der Waals surface area (Å²) in [6, 6.07) is 5.38. The molecule has 0 aliphatic rings. The molecule has 0 bridgehead atoms. The second-order valence-electron chi connectivity index (χ2n) is 5.19. The maximum absolute atomic E-state index is 13.2. The van der Waals surface area contributed by atoms with E-state index in [1.807, 2.05) is 11.6 Å². The van der Waals surface area contributed by atoms with E-state index in [4.69, 9.17) is 0 Å². The van der Waals surface area contributed by atoms with Crippen LogP contribution in [-0.2, 0) is 6.54 Å². The monoisotopic (exact) mass is 339 g/mol. The zero-order chi connectivity index (χ0) is 14.9. The first-order valence-electron chi connectivity index (χ1n) is 6.63. The predicted octanol–water partition coefficient (Wildman–Crippen LogP) is 4.59. The summed E-state index contributed by atoms with van der Waals surface area (Å²) in [5.41, 5.74) is 4.18. The average molecular weight is 340 g/mol. The molecule has 0 aliphatic heterocycles. The lowest BCUT2D eigenvalue weighted by molar-refractivity contribution is 0.516. The summed E-state index contributed by atoms with van der Waals surface area (Å²) in [4.78, 5) is 0. The number of benzene rings is 1. The smallest absolute Gasteiger partial charge is 0.137 e. The van der Waals surface area contributed by atoms with Gasteiger partial charge in [0.15, 0.2) is 0 Å². The van der Waals surface area contributed by atoms with Crippen LogP contribution in [0.2, 0.25) is 0 Å². The molecule has 20 heavy (non-hydrogen) atoms. The molecular formula is C15H19BrFN3. The van der Waals surface area contributed by atoms with Crippen LogP contribution in [-0.4, -0.2) is 9.78 Å². The molecule has 108 valence electrons. The van der Waals surface area contributed by atoms with Gasteiger partial charge >= 0.3 is 0 Å². The van der Waals surface area contributed by atoms with Crippen LogP contribution < -0.4 is 5.32 Å². The minimum atomic E-state index is -0.242. The molecule has 1 aromatic carbocycles. The Morgan fingerprint density at radius 3 is 2.60 bits per heavy atom. The lowest BCUT2D eigenvalue weighted by Gasteiger charge is -2.10. The molecule has 3 nitrogen and oxygen atoms in total. The van der Waals surface area contributed by atoms with Crippen molar-refractivity contribution in [3.63, 3.8) is 0 Å². The highest BCUT2D eigenvalue weighted by Gasteiger charge is 2.13. The molecule has 0 saturated carbocycles. The topological polar surface area (TPSA) is 29.9 Å². The summed E-state index contributed by atoms with van der Waals surface area (Å²) in [7, 11) is 0. The number of nitrogens with zero attached hydrogens (tertiary/aromatic N) is 2. The Bertz CT molecular complexity index is 620. The molecule has 0 fully saturated rings. The number of aryl methyl sites for hydroxylation is 1. The van der Waals surface area contributed by atoms with Crippen LogP contribution >= 0.6 is 15.9 Å². The highest BCUT2D eigenvalue weighted by Crippen LogP contribution is 2.24. The fourth-order valence-electron chi connectivity index (χ4n) is 2.26. The Morgan fingerprint density at radius 1 is 1.35 bits per heavy atom. The first-order valence-corrected chi connectivity index (χ1v) is 7.43. The Balaban J connectivity index is 2.16. The van der Waals surface area contributed by atoms with Crippen molar-refractivity contribution in [3.05, 3.63) is 45.4 Å². The number of halogens is 2. The number of hydrogen-bond donors (Lipinski definition) is 1. The Labute approximate surface area is 127 Å². The van der Waals surface area contributed by atoms with Crippen molar-refractivity contribution in [2.75, 3.05) is 5.32 Å². The van der Waals surface area contributed by atoms with E-state index in [1.54, 1.807) is 12.1 Å². The summed E-state index contributed by atoms with van der Waals surface area (Å²) in [6.45, 7) is 8.92. The number of nitrogens with one attached hydrogen (secondary N) is 1. The van der Waals surface area contributed by atoms with Crippen molar-refractivity contribution in [1.82, 2.24) is 9.78 Å². The molecule has 0 aliphatic carbocycles. The van der Waals surface area contributed by atoms with E-state index < -0.39 is 0 Å². The second kappa shape index (κ2) is 5.95. The highest BCUT2D eigenvalue weighted by atomic mass is 79.9. The lowest BCUT2D eigenvalue weighted by atomic mass is 10.2. The standard InChI is InChI=1S/C15H19BrFN3/c1-9(2)20-11(4)15(10(3)19-20)18-8-12-5-6-14(17)13(16)7-12/h5-7,9,18H,8H2,1-4H3. The average Bonchev–Trinajstić information content (AvgIpc) is 2.67. The van der Waals surface area contributed by atoms with Gasteiger partial charge in [0, 0.05) is 12.6 Å². The Morgan fingerprint density at radius 2 is 2.05 bits per heavy atom. The number of aromatic nitrogens is 2. The van der Waals surface area contributed by atoms with Crippen LogP contribution in [0.3, 0.4) is 0 Å². The molecule has 2 aromatic rings. The minimum Gasteiger partial charge on any atom is -0.378 e. The highest BCUT2D eigenvalue weighted by molar-refractivity contribution is 9.10. The third kappa shape index (κ3) is 3.03. The summed E-state index contributed by atoms with van der Waals surface area (Å²) >= 11 is 3.21. The quantitative estimate of drug-likeness (QED) is 0.882. The molecule has 0 saturated heterocycles. The lowest BCUT2D eigenvalue weighted by Crippen LogP contribution is -2.06. The van der Waals surface area contributed by atoms with E-state index in [0.29, 0.717) is 17.1 Å². The molecule has 0 amide bonds. The first kappa shape index (κ1) is 15.0. The van der Waals surface area contributed by atoms with E-state index >= 15 is 0 Å². The number of rotatable bonds is 4. The van der Waals surface area contributed by atoms with Crippen LogP contribution in [0.15, 0.2) is 22.7 Å². The molecule has 0 radical (unpaired) electrons. The molecule has 1 aromatic heterocycles. The fraction of sp³-hybridized carbons (Fsp3) is 0.400. The largest absolute Gasteiger partial charge is 0.378 e. The van der Waals surface area contributed by atoms with Crippen LogP contribution in [0.1, 0.15) is 36.8 Å². The van der Waals surface area contributed by atoms with Crippen molar-refractivity contribution in [3.8, 4) is 0 Å². The predicted molar refractivity (Wildman–Crippen MR) is 83.5 cm³/mol. The van der Waals surface area contributed by atoms with Crippen LogP contribution in [0.4, 0.5) is 10.1 Å². The van der Waals surface area contributed by atoms with E-state index in [1.165, 1.54) is 6.07 Å². The van der Waals surface area contributed by atoms with Gasteiger partial charge in [0.2, 0.25) is 0 Å². The molecule has 0 unspecified atom stereocenters. The van der Waals surface area contributed by atoms with E-state index in [0.717, 1.165) is 22.6 Å². The zero-order valence-electron chi connectivity index (χ0n) is 12.2. The van der Waals surface area contributed by atoms with E-state index in [2.05, 4.69) is 47.1 Å². The van der Waals surface area contributed by atoms with Gasteiger partial charge in [-0.05, 0) is 61.3 Å². The third-order valence-electron chi connectivity index (χ3n) is 3.27. The molecule has 1 N–H and O–H groups in total. The summed E-state index contributed by atoms with van der Waals surface area (Å²) in [5, 5.41) is 7.93. The van der Waals surface area contributed by atoms with Crippen molar-refractivity contribution >= 4 is 21.6 Å². The summed E-state index contributed by atoms with van der Waals surface area (Å²) in [5.74, 6) is -0.242. The number of hydrogen-bond acceptors (Lipinski definition) is 2. The second-order valence-corrected chi connectivity index (χ2v) is 6.04. The van der Waals surface area contributed by atoms with Gasteiger partial charge in [-0.3, -0.25) is 4.68 Å². The number of anilines is 1. The van der Waals surface area contributed by atoms with E-state index in [9.17, 15) is 4.39 Å². The first-order chi connectivity index (χ1) is 9.40. The van der Waals surface area contributed by atoms with Gasteiger partial charge in [0.1, 0.15) is 5.82 Å². The van der Waals surface area contributed by atoms with Crippen LogP contribution in [0, 0.1) is 19.7 Å². The minimum absolute atomic E-state index is 0.242. The van der Waals surface area contributed by atoms with E-state index in [-0.39, 0.29) is 5.82 Å². The van der Waals surface area contributed by atoms with Crippen molar-refractivity contribution in [2.24, 2.45) is 0 Å². The van der Waals surface area contributed by atoms with Crippen molar-refractivity contribution < 1.29 is 4.39 Å². The molecule has 5 heteroatoms. The molecule has 2 rings (SSSR count). The van der Waals surface area contributed by atoms with Crippen molar-refractivity contribution in [1.29, 1.82) is 0 Å². The van der Waals surface area contributed by atoms with Gasteiger partial charge in [-0.2, -0.15) is 5.10 Å². The molecule has 0 atom stereocenters. The third-order valence-corrected chi connectivity index (χ3v) is 3.88. The normalized spacial score (nSPS) is 11.2. The maximum Gasteiger partial charge on any atom is 0.137 e. The molecule has 1 heterocycles. The van der Waals surface area contributed by atoms with Gasteiger partial charge in [0.05, 0.1) is 21.5 Å². The SMILES string of the molecule is Cc1nn(C(C)C)c(C)c1NCc1ccc(F)c(Br)c1. The summed E-state index contributed by atoms with van der Waals surface area (Å²) in [6.07, 6.45) is 0. The fourth-order valence-corrected chi connectivity index (χ4v) is 2.69. The van der Waals surface area contributed by atoms with Gasteiger partial charge in [0.25, 0.3) is 0 Å². The Kier molecular flexibility index (Phi) is 4.48. The molecule has 0 spiro atoms. The molecular weight excluding hydrogens is 321 g/mol. The van der Waals surface area contributed by atoms with Gasteiger partial charge in [-0.25, -0.2) is 4.39 Å². The zero-order valence-corrected chi connectivity index (χ0v) is 13.8. The maximum atomic E-state index is 13.2. The van der Waals surface area contributed by atoms with Gasteiger partial charge in [-0.1, -0.05) is 6.07 Å².